The minimum atomic E-state index is -1.04. The lowest BCUT2D eigenvalue weighted by Crippen LogP contribution is -2.49. The van der Waals surface area contributed by atoms with Gasteiger partial charge in [-0.2, -0.15) is 14.6 Å². The summed E-state index contributed by atoms with van der Waals surface area (Å²) in [6.45, 7) is 5.59. The number of nitrogens with zero attached hydrogens (tertiary/aromatic N) is 6. The average molecular weight is 651 g/mol. The van der Waals surface area contributed by atoms with E-state index in [2.05, 4.69) is 26.4 Å². The van der Waals surface area contributed by atoms with Crippen molar-refractivity contribution in [2.75, 3.05) is 13.2 Å². The van der Waals surface area contributed by atoms with Crippen LogP contribution in [0.3, 0.4) is 0 Å². The summed E-state index contributed by atoms with van der Waals surface area (Å²) >= 11 is 4.81. The second-order valence-corrected chi connectivity index (χ2v) is 12.5. The number of carboxylic acid groups (broad SMARTS) is 1. The highest BCUT2D eigenvalue weighted by molar-refractivity contribution is 7.81. The molecule has 6 rings (SSSR count). The minimum Gasteiger partial charge on any atom is -0.483 e. The average Bonchev–Trinajstić information content (AvgIpc) is 3.35. The molecule has 2 aromatic heterocycles. The summed E-state index contributed by atoms with van der Waals surface area (Å²) in [5.41, 5.74) is 1.81. The second kappa shape index (κ2) is 12.8. The molecule has 2 fully saturated rings. The molecule has 11 nitrogen and oxygen atoms in total. The molecule has 0 saturated carbocycles. The Balaban J connectivity index is 1.15. The molecule has 2 aliphatic heterocycles. The molecule has 0 spiro atoms. The number of rotatable bonds is 10. The highest BCUT2D eigenvalue weighted by Gasteiger charge is 2.39. The van der Waals surface area contributed by atoms with Crippen molar-refractivity contribution >= 4 is 29.6 Å². The molecule has 0 bridgehead atoms. The number of piperidine rings is 1. The van der Waals surface area contributed by atoms with Crippen molar-refractivity contribution in [1.82, 2.24) is 24.4 Å². The number of aromatic nitrogens is 4. The summed E-state index contributed by atoms with van der Waals surface area (Å²) in [4.78, 5) is 25.9. The molecular formula is C32H32F2N6O5S. The maximum atomic E-state index is 14.8. The quantitative estimate of drug-likeness (QED) is 0.172. The normalized spacial score (nSPS) is 22.2. The zero-order chi connectivity index (χ0) is 32.6. The van der Waals surface area contributed by atoms with E-state index in [-0.39, 0.29) is 53.4 Å². The van der Waals surface area contributed by atoms with E-state index in [1.54, 1.807) is 18.2 Å². The van der Waals surface area contributed by atoms with Gasteiger partial charge in [0.2, 0.25) is 5.82 Å². The van der Waals surface area contributed by atoms with Crippen LogP contribution in [-0.2, 0) is 17.9 Å². The summed E-state index contributed by atoms with van der Waals surface area (Å²) in [5.74, 6) is -1.97. The van der Waals surface area contributed by atoms with Gasteiger partial charge in [0, 0.05) is 32.0 Å². The molecule has 0 radical (unpaired) electrons. The Morgan fingerprint density at radius 1 is 1.26 bits per heavy atom. The number of thiol groups is 1. The summed E-state index contributed by atoms with van der Waals surface area (Å²) in [7, 11) is 0. The zero-order valence-corrected chi connectivity index (χ0v) is 26.1. The van der Waals surface area contributed by atoms with Crippen LogP contribution in [0.2, 0.25) is 0 Å². The highest BCUT2D eigenvalue weighted by atomic mass is 32.1. The number of likely N-dealkylation sites (tertiary alicyclic amines) is 1. The molecule has 2 aromatic carbocycles. The summed E-state index contributed by atoms with van der Waals surface area (Å²) in [5, 5.41) is 18.5. The van der Waals surface area contributed by atoms with Gasteiger partial charge in [-0.25, -0.2) is 19.2 Å². The van der Waals surface area contributed by atoms with Gasteiger partial charge in [-0.1, -0.05) is 0 Å². The number of carbonyl (C=O) groups is 1. The smallest absolute Gasteiger partial charge is 0.335 e. The first-order valence-electron chi connectivity index (χ1n) is 14.9. The Hall–Kier alpha value is -4.32. The third-order valence-corrected chi connectivity index (χ3v) is 9.02. The van der Waals surface area contributed by atoms with E-state index in [9.17, 15) is 18.7 Å². The van der Waals surface area contributed by atoms with Crippen LogP contribution in [-0.4, -0.2) is 65.7 Å². The van der Waals surface area contributed by atoms with Crippen LogP contribution < -0.4 is 9.47 Å². The van der Waals surface area contributed by atoms with Crippen LogP contribution >= 0.6 is 12.6 Å². The molecule has 4 aromatic rings. The van der Waals surface area contributed by atoms with Crippen molar-refractivity contribution in [3.05, 3.63) is 77.0 Å². The van der Waals surface area contributed by atoms with E-state index in [4.69, 9.17) is 37.1 Å². The fourth-order valence-electron chi connectivity index (χ4n) is 5.92. The fourth-order valence-corrected chi connectivity index (χ4v) is 6.37. The van der Waals surface area contributed by atoms with E-state index in [0.29, 0.717) is 38.1 Å². The van der Waals surface area contributed by atoms with Gasteiger partial charge in [-0.3, -0.25) is 4.90 Å². The Labute approximate surface area is 269 Å². The van der Waals surface area contributed by atoms with Gasteiger partial charge in [0.15, 0.2) is 22.3 Å². The van der Waals surface area contributed by atoms with Gasteiger partial charge in [0.1, 0.15) is 12.4 Å². The number of hydrogen-bond acceptors (Lipinski definition) is 10. The first-order valence-corrected chi connectivity index (χ1v) is 15.3. The topological polar surface area (TPSA) is 136 Å². The van der Waals surface area contributed by atoms with Crippen LogP contribution in [0.5, 0.6) is 11.6 Å². The van der Waals surface area contributed by atoms with Gasteiger partial charge < -0.3 is 23.9 Å². The van der Waals surface area contributed by atoms with Crippen molar-refractivity contribution < 1.29 is 32.9 Å². The van der Waals surface area contributed by atoms with E-state index in [1.807, 2.05) is 13.0 Å². The van der Waals surface area contributed by atoms with E-state index < -0.39 is 22.5 Å². The zero-order valence-electron chi connectivity index (χ0n) is 25.2. The molecular weight excluding hydrogens is 618 g/mol. The number of benzene rings is 2. The Kier molecular flexibility index (Phi) is 8.82. The molecule has 1 N–H and O–H groups in total. The number of hydrogen-bond donors (Lipinski definition) is 2. The summed E-state index contributed by atoms with van der Waals surface area (Å²) in [6.07, 6.45) is 2.78. The monoisotopic (exact) mass is 650 g/mol. The fraction of sp³-hybridized carbons (Fsp3) is 0.406. The van der Waals surface area contributed by atoms with Gasteiger partial charge in [-0.05, 0) is 56.7 Å². The van der Waals surface area contributed by atoms with Crippen molar-refractivity contribution in [2.24, 2.45) is 0 Å². The Morgan fingerprint density at radius 2 is 2.07 bits per heavy atom. The SMILES string of the molecule is C[C@H]([C@@H]1CCO1)n1c(CN2CC[C@@](S)(Oc3nc(COc4ccc(C#N)cc4F)ncc3F)C[C@@H]2C)nc2ccc(C(=O)O)cc21. The van der Waals surface area contributed by atoms with Crippen LogP contribution in [0.25, 0.3) is 11.0 Å². The number of nitriles is 1. The summed E-state index contributed by atoms with van der Waals surface area (Å²) < 4.78 is 48.4. The maximum absolute atomic E-state index is 14.8. The third-order valence-electron chi connectivity index (χ3n) is 8.53. The largest absolute Gasteiger partial charge is 0.483 e. The molecule has 240 valence electrons. The molecule has 4 atom stereocenters. The molecule has 0 unspecified atom stereocenters. The molecule has 0 amide bonds. The predicted molar refractivity (Wildman–Crippen MR) is 165 cm³/mol. The van der Waals surface area contributed by atoms with Crippen LogP contribution in [0, 0.1) is 23.0 Å². The number of fused-ring (bicyclic) bond motifs is 1. The standard InChI is InChI=1S/C32H32F2N6O5S/c1-18-13-32(46,45-30-23(34)15-36-28(38-30)17-44-27-6-3-20(14-35)11-22(27)33)8-9-39(18)16-29-37-24-5-4-21(31(41)42)12-25(24)40(29)19(2)26-7-10-43-26/h3-6,11-12,15,18-19,26,46H,7-10,13,16-17H2,1-2H3,(H,41,42)/t18-,19+,26-,32-/m0/s1. The van der Waals surface area contributed by atoms with Gasteiger partial charge >= 0.3 is 5.97 Å². The lowest BCUT2D eigenvalue weighted by atomic mass is 9.99. The molecule has 2 saturated heterocycles. The van der Waals surface area contributed by atoms with Crippen molar-refractivity contribution in [1.29, 1.82) is 5.26 Å². The Morgan fingerprint density at radius 3 is 2.74 bits per heavy atom. The van der Waals surface area contributed by atoms with Crippen molar-refractivity contribution in [3.63, 3.8) is 0 Å². The maximum Gasteiger partial charge on any atom is 0.335 e. The van der Waals surface area contributed by atoms with Crippen LogP contribution in [0.4, 0.5) is 8.78 Å². The van der Waals surface area contributed by atoms with Gasteiger partial charge in [0.25, 0.3) is 5.88 Å². The Bertz CT molecular complexity index is 1830. The number of aromatic carboxylic acids is 1. The number of halogens is 2. The minimum absolute atomic E-state index is 0.0167. The van der Waals surface area contributed by atoms with Crippen molar-refractivity contribution in [2.45, 2.75) is 69.4 Å². The molecule has 4 heterocycles. The molecule has 0 aliphatic carbocycles. The molecule has 2 aliphatic rings. The second-order valence-electron chi connectivity index (χ2n) is 11.7. The number of imidazole rings is 1. The lowest BCUT2D eigenvalue weighted by molar-refractivity contribution is -0.0763. The van der Waals surface area contributed by atoms with Gasteiger partial charge in [0.05, 0.1) is 53.1 Å². The first kappa shape index (κ1) is 31.7. The summed E-state index contributed by atoms with van der Waals surface area (Å²) in [6, 6.07) is 10.5. The van der Waals surface area contributed by atoms with Crippen LogP contribution in [0.1, 0.15) is 66.7 Å². The van der Waals surface area contributed by atoms with Crippen LogP contribution in [0.15, 0.2) is 42.6 Å². The number of carboxylic acids is 1. The van der Waals surface area contributed by atoms with Crippen molar-refractivity contribution in [3.8, 4) is 17.7 Å². The lowest BCUT2D eigenvalue weighted by Gasteiger charge is -2.42. The molecule has 46 heavy (non-hydrogen) atoms. The molecule has 14 heteroatoms. The van der Waals surface area contributed by atoms with E-state index in [0.717, 1.165) is 30.0 Å². The first-order chi connectivity index (χ1) is 22.0. The number of ether oxygens (including phenoxy) is 3. The third kappa shape index (κ3) is 6.48. The van der Waals surface area contributed by atoms with E-state index in [1.165, 1.54) is 12.1 Å². The highest BCUT2D eigenvalue weighted by Crippen LogP contribution is 2.37. The predicted octanol–water partition coefficient (Wildman–Crippen LogP) is 5.29. The van der Waals surface area contributed by atoms with Gasteiger partial charge in [-0.15, -0.1) is 12.6 Å². The van der Waals surface area contributed by atoms with E-state index >= 15 is 0 Å².